The van der Waals surface area contributed by atoms with Gasteiger partial charge in [0.15, 0.2) is 11.5 Å². The van der Waals surface area contributed by atoms with Crippen molar-refractivity contribution in [3.05, 3.63) is 18.2 Å². The summed E-state index contributed by atoms with van der Waals surface area (Å²) in [5, 5.41) is 0. The Balaban J connectivity index is -0.00000432. The fourth-order valence-corrected chi connectivity index (χ4v) is 5.34. The summed E-state index contributed by atoms with van der Waals surface area (Å²) < 4.78 is 22.4. The fourth-order valence-electron chi connectivity index (χ4n) is 5.34. The zero-order valence-corrected chi connectivity index (χ0v) is 33.6. The predicted molar refractivity (Wildman–Crippen MR) is 199 cm³/mol. The third-order valence-corrected chi connectivity index (χ3v) is 9.44. The quantitative estimate of drug-likeness (QED) is 0.0959. The highest BCUT2D eigenvalue weighted by Crippen LogP contribution is 2.37. The number of benzene rings is 1. The first kappa shape index (κ1) is 44.1. The number of ether oxygens (including phenoxy) is 3. The lowest BCUT2D eigenvalue weighted by Crippen LogP contribution is -2.50. The van der Waals surface area contributed by atoms with Crippen LogP contribution in [-0.2, 0) is 0 Å². The molecular weight excluding hydrogens is 831 g/mol. The Bertz CT molecular complexity index is 660. The van der Waals surface area contributed by atoms with E-state index in [0.717, 1.165) is 109 Å². The van der Waals surface area contributed by atoms with E-state index in [-0.39, 0.29) is 71.9 Å². The van der Waals surface area contributed by atoms with Crippen LogP contribution < -0.4 is 14.2 Å². The van der Waals surface area contributed by atoms with E-state index in [9.17, 15) is 0 Å². The van der Waals surface area contributed by atoms with Gasteiger partial charge in [-0.2, -0.15) is 0 Å². The number of para-hydroxylation sites is 1. The molecule has 0 radical (unpaired) electrons. The molecule has 0 atom stereocenters. The van der Waals surface area contributed by atoms with E-state index < -0.39 is 0 Å². The normalized spacial score (nSPS) is 11.6. The van der Waals surface area contributed by atoms with Gasteiger partial charge in [-0.05, 0) is 74.4 Å². The zero-order valence-electron chi connectivity index (χ0n) is 26.6. The van der Waals surface area contributed by atoms with Crippen LogP contribution in [0.15, 0.2) is 18.2 Å². The molecule has 0 saturated heterocycles. The Morgan fingerprint density at radius 3 is 0.949 bits per heavy atom. The van der Waals surface area contributed by atoms with Crippen LogP contribution in [0.1, 0.15) is 62.3 Å². The molecule has 39 heavy (non-hydrogen) atoms. The van der Waals surface area contributed by atoms with Gasteiger partial charge in [-0.15, -0.1) is 71.9 Å². The number of hydrogen-bond donors (Lipinski definition) is 0. The van der Waals surface area contributed by atoms with E-state index in [1.807, 2.05) is 18.2 Å². The van der Waals surface area contributed by atoms with Gasteiger partial charge in [0.25, 0.3) is 0 Å². The highest BCUT2D eigenvalue weighted by Gasteiger charge is 2.25. The van der Waals surface area contributed by atoms with E-state index in [1.54, 1.807) is 0 Å². The first-order valence-electron chi connectivity index (χ1n) is 14.9. The fraction of sp³-hybridized carbons (Fsp3) is 0.800. The van der Waals surface area contributed by atoms with E-state index >= 15 is 0 Å². The molecule has 1 rings (SSSR count). The van der Waals surface area contributed by atoms with Crippen LogP contribution in [0.5, 0.6) is 17.2 Å². The molecule has 0 spiro atoms. The molecule has 0 saturated carbocycles. The van der Waals surface area contributed by atoms with E-state index in [0.29, 0.717) is 19.8 Å². The standard InChI is InChI=1S/C30H60N3O3.3HI/c1-10-31(11-2,12-3)22-25-34-28-20-19-21-29(35-26-23-32(13-4,14-5)15-6)30(28)36-27-24-33(16-7,17-8)18-9;;;/h19-21H,10-18,22-27H2,1-9H3;3*1H/q+3;;;. The van der Waals surface area contributed by atoms with E-state index in [4.69, 9.17) is 14.2 Å². The molecule has 0 N–H and O–H groups in total. The largest absolute Gasteiger partial charge is 0.484 e. The maximum absolute atomic E-state index is 6.48. The van der Waals surface area contributed by atoms with Crippen LogP contribution >= 0.6 is 71.9 Å². The molecule has 0 bridgehead atoms. The van der Waals surface area contributed by atoms with Crippen LogP contribution in [0.4, 0.5) is 0 Å². The smallest absolute Gasteiger partial charge is 0.203 e. The molecule has 9 heteroatoms. The van der Waals surface area contributed by atoms with E-state index in [1.165, 1.54) is 0 Å². The predicted octanol–water partition coefficient (Wildman–Crippen LogP) is 7.31. The lowest BCUT2D eigenvalue weighted by molar-refractivity contribution is -0.923. The first-order chi connectivity index (χ1) is 17.3. The molecule has 0 aromatic heterocycles. The highest BCUT2D eigenvalue weighted by atomic mass is 127. The average molecular weight is 895 g/mol. The Morgan fingerprint density at radius 1 is 0.436 bits per heavy atom. The number of hydrogen-bond acceptors (Lipinski definition) is 3. The van der Waals surface area contributed by atoms with Gasteiger partial charge < -0.3 is 27.7 Å². The van der Waals surface area contributed by atoms with Crippen molar-refractivity contribution in [1.29, 1.82) is 0 Å². The molecule has 0 amide bonds. The van der Waals surface area contributed by atoms with Crippen LogP contribution in [0.25, 0.3) is 0 Å². The molecule has 1 aromatic carbocycles. The van der Waals surface area contributed by atoms with Crippen molar-refractivity contribution in [2.75, 3.05) is 98.4 Å². The molecule has 0 aliphatic carbocycles. The second-order valence-electron chi connectivity index (χ2n) is 10.2. The Kier molecular flexibility index (Phi) is 26.2. The van der Waals surface area contributed by atoms with Gasteiger partial charge in [0.1, 0.15) is 39.5 Å². The van der Waals surface area contributed by atoms with Crippen molar-refractivity contribution in [3.63, 3.8) is 0 Å². The molecule has 1 aromatic rings. The molecule has 0 aliphatic rings. The van der Waals surface area contributed by atoms with Crippen LogP contribution in [0.3, 0.4) is 0 Å². The minimum absolute atomic E-state index is 0. The third-order valence-electron chi connectivity index (χ3n) is 9.44. The van der Waals surface area contributed by atoms with Crippen molar-refractivity contribution in [1.82, 2.24) is 0 Å². The van der Waals surface area contributed by atoms with Crippen LogP contribution in [0, 0.1) is 0 Å². The minimum Gasteiger partial charge on any atom is -0.484 e. The molecule has 6 nitrogen and oxygen atoms in total. The molecule has 0 unspecified atom stereocenters. The highest BCUT2D eigenvalue weighted by molar-refractivity contribution is 14.0. The van der Waals surface area contributed by atoms with Gasteiger partial charge in [-0.1, -0.05) is 6.07 Å². The number of quaternary nitrogens is 3. The van der Waals surface area contributed by atoms with Gasteiger partial charge in [0.2, 0.25) is 5.75 Å². The monoisotopic (exact) mass is 894 g/mol. The first-order valence-corrected chi connectivity index (χ1v) is 14.9. The van der Waals surface area contributed by atoms with Crippen molar-refractivity contribution < 1.29 is 27.7 Å². The van der Waals surface area contributed by atoms with E-state index in [2.05, 4.69) is 62.3 Å². The maximum atomic E-state index is 6.48. The summed E-state index contributed by atoms with van der Waals surface area (Å²) in [5.41, 5.74) is 0. The summed E-state index contributed by atoms with van der Waals surface area (Å²) in [6.07, 6.45) is 0. The number of rotatable bonds is 21. The number of nitrogens with zero attached hydrogens (tertiary/aromatic N) is 3. The van der Waals surface area contributed by atoms with Crippen molar-refractivity contribution in [2.24, 2.45) is 0 Å². The molecule has 0 heterocycles. The van der Waals surface area contributed by atoms with Crippen LogP contribution in [-0.4, -0.2) is 112 Å². The lowest BCUT2D eigenvalue weighted by Gasteiger charge is -2.36. The SMILES string of the molecule is CC[N+](CC)(CC)CCOc1cccc(OCC[N+](CC)(CC)CC)c1OCC[N+](CC)(CC)CC.I.I.I. The summed E-state index contributed by atoms with van der Waals surface area (Å²) >= 11 is 0. The van der Waals surface area contributed by atoms with Crippen molar-refractivity contribution in [2.45, 2.75) is 62.3 Å². The summed E-state index contributed by atoms with van der Waals surface area (Å²) in [7, 11) is 0. The lowest BCUT2D eigenvalue weighted by atomic mass is 10.3. The Labute approximate surface area is 293 Å². The van der Waals surface area contributed by atoms with Crippen molar-refractivity contribution >= 4 is 71.9 Å². The Hall–Kier alpha value is 0.690. The zero-order chi connectivity index (χ0) is 27.1. The van der Waals surface area contributed by atoms with Gasteiger partial charge in [-0.3, -0.25) is 0 Å². The topological polar surface area (TPSA) is 27.7 Å². The minimum atomic E-state index is 0. The van der Waals surface area contributed by atoms with Crippen molar-refractivity contribution in [3.8, 4) is 17.2 Å². The molecular formula is C30H63I3N3O3+3. The molecule has 0 fully saturated rings. The van der Waals surface area contributed by atoms with Gasteiger partial charge in [0.05, 0.1) is 58.9 Å². The second kappa shape index (κ2) is 23.2. The maximum Gasteiger partial charge on any atom is 0.203 e. The third kappa shape index (κ3) is 13.3. The number of likely N-dealkylation sites (N-methyl/N-ethyl adjacent to an activating group) is 3. The Morgan fingerprint density at radius 2 is 0.692 bits per heavy atom. The summed E-state index contributed by atoms with van der Waals surface area (Å²) in [4.78, 5) is 0. The average Bonchev–Trinajstić information content (AvgIpc) is 2.93. The van der Waals surface area contributed by atoms with Gasteiger partial charge in [0, 0.05) is 0 Å². The summed E-state index contributed by atoms with van der Waals surface area (Å²) in [5.74, 6) is 2.38. The van der Waals surface area contributed by atoms with Gasteiger partial charge >= 0.3 is 0 Å². The number of halogens is 3. The molecule has 0 aliphatic heterocycles. The summed E-state index contributed by atoms with van der Waals surface area (Å²) in [6.45, 7) is 35.6. The van der Waals surface area contributed by atoms with Gasteiger partial charge in [-0.25, -0.2) is 0 Å². The van der Waals surface area contributed by atoms with Crippen LogP contribution in [0.2, 0.25) is 0 Å². The summed E-state index contributed by atoms with van der Waals surface area (Å²) in [6, 6.07) is 6.10. The molecule has 234 valence electrons. The second-order valence-corrected chi connectivity index (χ2v) is 10.2.